The SMILES string of the molecule is C=CC[N+]12CCC(CC1)[C@@H](OC(=O)N(Cc1ccccc1)c1cccs1)C2.[Br-]. The lowest BCUT2D eigenvalue weighted by atomic mass is 9.83. The molecule has 1 atom stereocenters. The Morgan fingerprint density at radius 3 is 2.61 bits per heavy atom. The van der Waals surface area contributed by atoms with Gasteiger partial charge in [-0.1, -0.05) is 36.9 Å². The molecule has 3 fully saturated rings. The maximum atomic E-state index is 13.1. The molecule has 2 bridgehead atoms. The number of benzene rings is 1. The zero-order valence-electron chi connectivity index (χ0n) is 16.0. The van der Waals surface area contributed by atoms with Gasteiger partial charge in [-0.15, -0.1) is 11.3 Å². The highest BCUT2D eigenvalue weighted by atomic mass is 79.9. The Hall–Kier alpha value is -1.63. The summed E-state index contributed by atoms with van der Waals surface area (Å²) in [4.78, 5) is 14.9. The molecular formula is C22H27BrN2O2S. The molecular weight excluding hydrogens is 436 g/mol. The molecule has 3 aliphatic heterocycles. The number of halogens is 1. The number of anilines is 1. The number of hydrogen-bond donors (Lipinski definition) is 0. The van der Waals surface area contributed by atoms with Gasteiger partial charge in [0.1, 0.15) is 11.5 Å². The number of fused-ring (bicyclic) bond motifs is 3. The summed E-state index contributed by atoms with van der Waals surface area (Å²) in [6, 6.07) is 14.1. The van der Waals surface area contributed by atoms with Gasteiger partial charge in [0.15, 0.2) is 6.10 Å². The highest BCUT2D eigenvalue weighted by Crippen LogP contribution is 2.36. The van der Waals surface area contributed by atoms with Gasteiger partial charge in [0, 0.05) is 18.8 Å². The van der Waals surface area contributed by atoms with Gasteiger partial charge in [-0.2, -0.15) is 0 Å². The molecule has 0 radical (unpaired) electrons. The lowest BCUT2D eigenvalue weighted by molar-refractivity contribution is -0.941. The van der Waals surface area contributed by atoms with E-state index in [1.54, 1.807) is 16.2 Å². The second-order valence-corrected chi connectivity index (χ2v) is 8.65. The molecule has 1 aromatic heterocycles. The topological polar surface area (TPSA) is 29.5 Å². The van der Waals surface area contributed by atoms with Crippen LogP contribution in [-0.4, -0.2) is 42.9 Å². The average molecular weight is 463 g/mol. The van der Waals surface area contributed by atoms with Crippen molar-refractivity contribution in [2.45, 2.75) is 25.5 Å². The van der Waals surface area contributed by atoms with Gasteiger partial charge >= 0.3 is 6.09 Å². The summed E-state index contributed by atoms with van der Waals surface area (Å²) in [7, 11) is 0. The quantitative estimate of drug-likeness (QED) is 0.482. The van der Waals surface area contributed by atoms with Crippen LogP contribution in [0.5, 0.6) is 0 Å². The Kier molecular flexibility index (Phi) is 6.96. The predicted octanol–water partition coefficient (Wildman–Crippen LogP) is 1.69. The van der Waals surface area contributed by atoms with Crippen molar-refractivity contribution in [3.63, 3.8) is 0 Å². The van der Waals surface area contributed by atoms with Gasteiger partial charge < -0.3 is 26.2 Å². The van der Waals surface area contributed by atoms with Crippen molar-refractivity contribution in [2.24, 2.45) is 5.92 Å². The van der Waals surface area contributed by atoms with Crippen LogP contribution in [0, 0.1) is 5.92 Å². The first kappa shape index (κ1) is 21.1. The second kappa shape index (κ2) is 9.25. The molecule has 3 saturated heterocycles. The van der Waals surface area contributed by atoms with Crippen molar-refractivity contribution in [3.8, 4) is 0 Å². The van der Waals surface area contributed by atoms with Crippen LogP contribution >= 0.6 is 11.3 Å². The van der Waals surface area contributed by atoms with Gasteiger partial charge in [-0.25, -0.2) is 4.79 Å². The predicted molar refractivity (Wildman–Crippen MR) is 110 cm³/mol. The fourth-order valence-corrected chi connectivity index (χ4v) is 5.22. The fraction of sp³-hybridized carbons (Fsp3) is 0.409. The number of nitrogens with zero attached hydrogens (tertiary/aromatic N) is 2. The maximum Gasteiger partial charge on any atom is 0.415 e. The van der Waals surface area contributed by atoms with Gasteiger partial charge in [0.25, 0.3) is 0 Å². The number of thiophene rings is 1. The van der Waals surface area contributed by atoms with E-state index in [4.69, 9.17) is 4.74 Å². The largest absolute Gasteiger partial charge is 1.00 e. The van der Waals surface area contributed by atoms with Crippen molar-refractivity contribution in [1.82, 2.24) is 0 Å². The molecule has 5 rings (SSSR count). The van der Waals surface area contributed by atoms with Crippen LogP contribution in [-0.2, 0) is 11.3 Å². The van der Waals surface area contributed by atoms with E-state index in [0.717, 1.165) is 41.0 Å². The van der Waals surface area contributed by atoms with Crippen LogP contribution < -0.4 is 21.9 Å². The van der Waals surface area contributed by atoms with E-state index in [9.17, 15) is 4.79 Å². The molecule has 0 N–H and O–H groups in total. The lowest BCUT2D eigenvalue weighted by Gasteiger charge is -2.51. The fourth-order valence-electron chi connectivity index (χ4n) is 4.50. The van der Waals surface area contributed by atoms with Gasteiger partial charge in [-0.3, -0.25) is 4.90 Å². The van der Waals surface area contributed by atoms with Crippen molar-refractivity contribution < 1.29 is 31.0 Å². The first-order valence-electron chi connectivity index (χ1n) is 9.71. The third-order valence-corrected chi connectivity index (χ3v) is 6.88. The molecule has 1 aromatic carbocycles. The number of rotatable bonds is 6. The molecule has 0 spiro atoms. The van der Waals surface area contributed by atoms with Gasteiger partial charge in [-0.05, 0) is 29.2 Å². The summed E-state index contributed by atoms with van der Waals surface area (Å²) in [5, 5.41) is 2.93. The van der Waals surface area contributed by atoms with Crippen LogP contribution in [0.25, 0.3) is 0 Å². The van der Waals surface area contributed by atoms with Crippen LogP contribution in [0.1, 0.15) is 18.4 Å². The molecule has 1 amide bonds. The highest BCUT2D eigenvalue weighted by Gasteiger charge is 2.47. The molecule has 0 unspecified atom stereocenters. The lowest BCUT2D eigenvalue weighted by Crippen LogP contribution is -3.00. The van der Waals surface area contributed by atoms with Gasteiger partial charge in [0.2, 0.25) is 0 Å². The van der Waals surface area contributed by atoms with E-state index in [2.05, 4.69) is 6.58 Å². The summed E-state index contributed by atoms with van der Waals surface area (Å²) in [5.74, 6) is 0.501. The number of hydrogen-bond acceptors (Lipinski definition) is 3. The number of carbonyl (C=O) groups excluding carboxylic acids is 1. The Bertz CT molecular complexity index is 773. The maximum absolute atomic E-state index is 13.1. The van der Waals surface area contributed by atoms with E-state index >= 15 is 0 Å². The van der Waals surface area contributed by atoms with Crippen molar-refractivity contribution in [1.29, 1.82) is 0 Å². The summed E-state index contributed by atoms with van der Waals surface area (Å²) in [6.45, 7) is 8.72. The highest BCUT2D eigenvalue weighted by molar-refractivity contribution is 7.14. The molecule has 28 heavy (non-hydrogen) atoms. The number of quaternary nitrogens is 1. The monoisotopic (exact) mass is 462 g/mol. The molecule has 150 valence electrons. The van der Waals surface area contributed by atoms with Gasteiger partial charge in [0.05, 0.1) is 26.2 Å². The van der Waals surface area contributed by atoms with Crippen LogP contribution in [0.15, 0.2) is 60.5 Å². The van der Waals surface area contributed by atoms with Crippen molar-refractivity contribution in [3.05, 3.63) is 66.1 Å². The number of amides is 1. The number of ether oxygens (including phenoxy) is 1. The van der Waals surface area contributed by atoms with E-state index in [1.807, 2.05) is 53.9 Å². The molecule has 0 saturated carbocycles. The first-order chi connectivity index (χ1) is 13.2. The molecule has 3 aliphatic rings. The van der Waals surface area contributed by atoms with Crippen molar-refractivity contribution in [2.75, 3.05) is 31.1 Å². The smallest absolute Gasteiger partial charge is 0.415 e. The number of carbonyl (C=O) groups is 1. The minimum Gasteiger partial charge on any atom is -1.00 e. The van der Waals surface area contributed by atoms with E-state index < -0.39 is 0 Å². The number of piperidine rings is 3. The normalized spacial score (nSPS) is 25.6. The Morgan fingerprint density at radius 1 is 1.21 bits per heavy atom. The minimum absolute atomic E-state index is 0. The molecule has 4 heterocycles. The van der Waals surface area contributed by atoms with Crippen LogP contribution in [0.3, 0.4) is 0 Å². The minimum atomic E-state index is -0.225. The Morgan fingerprint density at radius 2 is 1.96 bits per heavy atom. The summed E-state index contributed by atoms with van der Waals surface area (Å²) in [5.41, 5.74) is 1.10. The van der Waals surface area contributed by atoms with E-state index in [-0.39, 0.29) is 29.2 Å². The van der Waals surface area contributed by atoms with Crippen LogP contribution in [0.4, 0.5) is 9.80 Å². The second-order valence-electron chi connectivity index (χ2n) is 7.73. The molecule has 0 aliphatic carbocycles. The third kappa shape index (κ3) is 4.50. The van der Waals surface area contributed by atoms with E-state index in [1.165, 1.54) is 13.1 Å². The summed E-state index contributed by atoms with van der Waals surface area (Å²) >= 11 is 1.57. The van der Waals surface area contributed by atoms with E-state index in [0.29, 0.717) is 12.5 Å². The molecule has 4 nitrogen and oxygen atoms in total. The summed E-state index contributed by atoms with van der Waals surface area (Å²) < 4.78 is 7.12. The molecule has 2 aromatic rings. The van der Waals surface area contributed by atoms with Crippen LogP contribution in [0.2, 0.25) is 0 Å². The Balaban J connectivity index is 0.00000225. The summed E-state index contributed by atoms with van der Waals surface area (Å²) in [6.07, 6.45) is 4.08. The third-order valence-electron chi connectivity index (χ3n) is 5.99. The Labute approximate surface area is 181 Å². The standard InChI is InChI=1S/C22H27N2O2S.BrH/c1-2-12-24-13-10-19(11-14-24)20(17-24)26-22(25)23(21-9-6-15-27-21)16-18-7-4-3-5-8-18;/h2-9,15,19-20H,1,10-14,16-17H2;1H/q+1;/p-1/t19?,20-,24?;/m0./s1. The zero-order chi connectivity index (χ0) is 18.7. The molecule has 6 heteroatoms. The van der Waals surface area contributed by atoms with Crippen molar-refractivity contribution >= 4 is 22.4 Å². The zero-order valence-corrected chi connectivity index (χ0v) is 18.4. The first-order valence-corrected chi connectivity index (χ1v) is 10.6. The average Bonchev–Trinajstić information content (AvgIpc) is 3.22.